The Labute approximate surface area is 97.9 Å². The van der Waals surface area contributed by atoms with Crippen LogP contribution in [0.3, 0.4) is 0 Å². The Hall–Kier alpha value is -1.24. The van der Waals surface area contributed by atoms with E-state index in [0.29, 0.717) is 5.56 Å². The molecule has 0 unspecified atom stereocenters. The van der Waals surface area contributed by atoms with Crippen molar-refractivity contribution in [2.75, 3.05) is 17.6 Å². The van der Waals surface area contributed by atoms with Crippen molar-refractivity contribution in [1.82, 2.24) is 0 Å². The fraction of sp³-hybridized carbons (Fsp3) is 0.400. The zero-order valence-electron chi connectivity index (χ0n) is 9.54. The first kappa shape index (κ1) is 13.8. The summed E-state index contributed by atoms with van der Waals surface area (Å²) in [7, 11) is -2.35. The number of nitrogens with zero attached hydrogens (tertiary/aromatic N) is 1. The molecule has 0 aromatic heterocycles. The van der Waals surface area contributed by atoms with E-state index in [9.17, 15) is 21.6 Å². The highest BCUT2D eigenvalue weighted by atomic mass is 32.2. The molecule has 0 heterocycles. The summed E-state index contributed by atoms with van der Waals surface area (Å²) >= 11 is 0. The first-order valence-electron chi connectivity index (χ1n) is 4.65. The van der Waals surface area contributed by atoms with Gasteiger partial charge in [0.15, 0.2) is 0 Å². The summed E-state index contributed by atoms with van der Waals surface area (Å²) in [5, 5.41) is 0. The van der Waals surface area contributed by atoms with E-state index in [2.05, 4.69) is 0 Å². The van der Waals surface area contributed by atoms with Gasteiger partial charge in [0.2, 0.25) is 10.0 Å². The molecule has 0 N–H and O–H groups in total. The maximum atomic E-state index is 12.5. The van der Waals surface area contributed by atoms with E-state index >= 15 is 0 Å². The third-order valence-electron chi connectivity index (χ3n) is 2.37. The molecule has 0 saturated heterocycles. The van der Waals surface area contributed by atoms with Gasteiger partial charge < -0.3 is 0 Å². The number of rotatable bonds is 2. The molecule has 0 aliphatic rings. The number of alkyl halides is 3. The van der Waals surface area contributed by atoms with Crippen LogP contribution in [-0.2, 0) is 16.2 Å². The molecular weight excluding hydrogens is 255 g/mol. The van der Waals surface area contributed by atoms with Crippen molar-refractivity contribution in [3.63, 3.8) is 0 Å². The lowest BCUT2D eigenvalue weighted by Crippen LogP contribution is -2.26. The number of anilines is 1. The molecule has 0 spiro atoms. The van der Waals surface area contributed by atoms with Crippen LogP contribution in [0, 0.1) is 6.92 Å². The molecule has 7 heteroatoms. The van der Waals surface area contributed by atoms with Crippen LogP contribution in [-0.4, -0.2) is 21.7 Å². The summed E-state index contributed by atoms with van der Waals surface area (Å²) in [5.74, 6) is 0. The van der Waals surface area contributed by atoms with Gasteiger partial charge in [-0.1, -0.05) is 6.07 Å². The molecule has 1 aromatic rings. The van der Waals surface area contributed by atoms with Gasteiger partial charge >= 0.3 is 6.18 Å². The van der Waals surface area contributed by atoms with Crippen LogP contribution in [0.5, 0.6) is 0 Å². The summed E-state index contributed by atoms with van der Waals surface area (Å²) in [6.45, 7) is 1.55. The number of hydrogen-bond donors (Lipinski definition) is 0. The van der Waals surface area contributed by atoms with Gasteiger partial charge in [-0.25, -0.2) is 8.42 Å². The standard InChI is InChI=1S/C10H12F3NO2S/c1-7-4-5-8(10(11,12)13)6-9(7)14(2)17(3,15)16/h4-6H,1-3H3. The van der Waals surface area contributed by atoms with Crippen LogP contribution in [0.1, 0.15) is 11.1 Å². The second kappa shape index (κ2) is 4.21. The molecule has 0 aliphatic heterocycles. The summed E-state index contributed by atoms with van der Waals surface area (Å²) < 4.78 is 60.9. The largest absolute Gasteiger partial charge is 0.416 e. The van der Waals surface area contributed by atoms with Crippen LogP contribution in [0.15, 0.2) is 18.2 Å². The van der Waals surface area contributed by atoms with E-state index in [-0.39, 0.29) is 5.69 Å². The molecule has 0 amide bonds. The van der Waals surface area contributed by atoms with E-state index in [1.54, 1.807) is 6.92 Å². The van der Waals surface area contributed by atoms with Gasteiger partial charge in [0.25, 0.3) is 0 Å². The van der Waals surface area contributed by atoms with E-state index in [4.69, 9.17) is 0 Å². The molecule has 0 saturated carbocycles. The lowest BCUT2D eigenvalue weighted by atomic mass is 10.1. The topological polar surface area (TPSA) is 37.4 Å². The van der Waals surface area contributed by atoms with E-state index in [0.717, 1.165) is 22.7 Å². The molecule has 0 radical (unpaired) electrons. The first-order chi connectivity index (χ1) is 7.53. The van der Waals surface area contributed by atoms with Crippen LogP contribution in [0.2, 0.25) is 0 Å². The Morgan fingerprint density at radius 3 is 2.18 bits per heavy atom. The van der Waals surface area contributed by atoms with E-state index in [1.807, 2.05) is 0 Å². The van der Waals surface area contributed by atoms with Crippen molar-refractivity contribution in [3.8, 4) is 0 Å². The zero-order chi connectivity index (χ0) is 13.4. The van der Waals surface area contributed by atoms with Crippen molar-refractivity contribution in [1.29, 1.82) is 0 Å². The van der Waals surface area contributed by atoms with Crippen molar-refractivity contribution in [3.05, 3.63) is 29.3 Å². The number of benzene rings is 1. The number of hydrogen-bond acceptors (Lipinski definition) is 2. The van der Waals surface area contributed by atoms with Crippen LogP contribution >= 0.6 is 0 Å². The Morgan fingerprint density at radius 2 is 1.76 bits per heavy atom. The SMILES string of the molecule is Cc1ccc(C(F)(F)F)cc1N(C)S(C)(=O)=O. The van der Waals surface area contributed by atoms with Crippen molar-refractivity contribution < 1.29 is 21.6 Å². The molecule has 1 rings (SSSR count). The van der Waals surface area contributed by atoms with E-state index in [1.165, 1.54) is 13.1 Å². The van der Waals surface area contributed by atoms with Gasteiger partial charge in [-0.3, -0.25) is 4.31 Å². The summed E-state index contributed by atoms with van der Waals surface area (Å²) in [5.41, 5.74) is -0.373. The van der Waals surface area contributed by atoms with Crippen molar-refractivity contribution in [2.24, 2.45) is 0 Å². The quantitative estimate of drug-likeness (QED) is 0.825. The lowest BCUT2D eigenvalue weighted by Gasteiger charge is -2.20. The Balaban J connectivity index is 3.35. The van der Waals surface area contributed by atoms with Crippen LogP contribution in [0.4, 0.5) is 18.9 Å². The minimum absolute atomic E-state index is 0.0299. The van der Waals surface area contributed by atoms with Gasteiger partial charge in [-0.05, 0) is 24.6 Å². The second-order valence-corrected chi connectivity index (χ2v) is 5.74. The summed E-state index contributed by atoms with van der Waals surface area (Å²) in [6.07, 6.45) is -3.55. The monoisotopic (exact) mass is 267 g/mol. The molecule has 0 fully saturated rings. The van der Waals surface area contributed by atoms with Gasteiger partial charge in [-0.15, -0.1) is 0 Å². The highest BCUT2D eigenvalue weighted by Gasteiger charge is 2.31. The predicted octanol–water partition coefficient (Wildman–Crippen LogP) is 2.41. The summed E-state index contributed by atoms with van der Waals surface area (Å²) in [4.78, 5) is 0. The van der Waals surface area contributed by atoms with Crippen LogP contribution < -0.4 is 4.31 Å². The fourth-order valence-corrected chi connectivity index (χ4v) is 1.86. The average Bonchev–Trinajstić information content (AvgIpc) is 2.14. The molecule has 17 heavy (non-hydrogen) atoms. The molecule has 1 aromatic carbocycles. The predicted molar refractivity (Wildman–Crippen MR) is 59.4 cm³/mol. The van der Waals surface area contributed by atoms with Gasteiger partial charge in [-0.2, -0.15) is 13.2 Å². The minimum Gasteiger partial charge on any atom is -0.273 e. The van der Waals surface area contributed by atoms with Crippen molar-refractivity contribution >= 4 is 15.7 Å². The molecule has 3 nitrogen and oxygen atoms in total. The maximum Gasteiger partial charge on any atom is 0.416 e. The third-order valence-corrected chi connectivity index (χ3v) is 3.56. The number of sulfonamides is 1. The highest BCUT2D eigenvalue weighted by molar-refractivity contribution is 7.92. The molecular formula is C10H12F3NO2S. The minimum atomic E-state index is -4.49. The first-order valence-corrected chi connectivity index (χ1v) is 6.50. The highest BCUT2D eigenvalue weighted by Crippen LogP contribution is 2.33. The Bertz CT molecular complexity index is 523. The smallest absolute Gasteiger partial charge is 0.273 e. The van der Waals surface area contributed by atoms with E-state index < -0.39 is 21.8 Å². The third kappa shape index (κ3) is 3.12. The Morgan fingerprint density at radius 1 is 1.24 bits per heavy atom. The molecule has 0 aliphatic carbocycles. The Kier molecular flexibility index (Phi) is 3.42. The maximum absolute atomic E-state index is 12.5. The van der Waals surface area contributed by atoms with Crippen LogP contribution in [0.25, 0.3) is 0 Å². The van der Waals surface area contributed by atoms with Gasteiger partial charge in [0.1, 0.15) is 0 Å². The molecule has 0 atom stereocenters. The summed E-state index contributed by atoms with van der Waals surface area (Å²) in [6, 6.07) is 3.01. The normalized spacial score (nSPS) is 12.6. The fourth-order valence-electron chi connectivity index (χ4n) is 1.30. The lowest BCUT2D eigenvalue weighted by molar-refractivity contribution is -0.137. The number of aryl methyl sites for hydroxylation is 1. The van der Waals surface area contributed by atoms with Gasteiger partial charge in [0, 0.05) is 7.05 Å². The number of halogens is 3. The van der Waals surface area contributed by atoms with Gasteiger partial charge in [0.05, 0.1) is 17.5 Å². The average molecular weight is 267 g/mol. The molecule has 96 valence electrons. The molecule has 0 bridgehead atoms. The van der Waals surface area contributed by atoms with Crippen molar-refractivity contribution in [2.45, 2.75) is 13.1 Å². The zero-order valence-corrected chi connectivity index (χ0v) is 10.4. The second-order valence-electron chi connectivity index (χ2n) is 3.73.